The molecule has 0 atom stereocenters. The summed E-state index contributed by atoms with van der Waals surface area (Å²) >= 11 is 9.45. The Balaban J connectivity index is 1.83. The highest BCUT2D eigenvalue weighted by atomic mass is 79.9. The van der Waals surface area contributed by atoms with E-state index in [0.717, 1.165) is 0 Å². The first-order valence-corrected chi connectivity index (χ1v) is 9.67. The lowest BCUT2D eigenvalue weighted by Crippen LogP contribution is -2.35. The highest BCUT2D eigenvalue weighted by molar-refractivity contribution is 9.10. The van der Waals surface area contributed by atoms with Crippen molar-refractivity contribution in [1.82, 2.24) is 10.1 Å². The molecule has 2 amide bonds. The number of anilines is 1. The molecule has 1 aromatic heterocycles. The minimum atomic E-state index is -0.630. The van der Waals surface area contributed by atoms with Gasteiger partial charge in [-0.15, -0.1) is 0 Å². The maximum atomic E-state index is 14.3. The molecule has 0 saturated carbocycles. The predicted molar refractivity (Wildman–Crippen MR) is 111 cm³/mol. The Labute approximate surface area is 179 Å². The molecule has 0 radical (unpaired) electrons. The fourth-order valence-electron chi connectivity index (χ4n) is 2.75. The molecule has 0 unspecified atom stereocenters. The number of aromatic nitrogens is 1. The summed E-state index contributed by atoms with van der Waals surface area (Å²) < 4.78 is 20.2. The molecule has 29 heavy (non-hydrogen) atoms. The number of aryl methyl sites for hydroxylation is 1. The first-order valence-electron chi connectivity index (χ1n) is 8.50. The summed E-state index contributed by atoms with van der Waals surface area (Å²) in [7, 11) is 1.46. The van der Waals surface area contributed by atoms with Gasteiger partial charge in [0.1, 0.15) is 22.8 Å². The second kappa shape index (κ2) is 8.75. The van der Waals surface area contributed by atoms with Crippen LogP contribution in [0.5, 0.6) is 0 Å². The van der Waals surface area contributed by atoms with E-state index >= 15 is 0 Å². The molecular weight excluding hydrogens is 465 g/mol. The molecule has 150 valence electrons. The SMILES string of the molecule is Cc1onc(-c2c(F)cccc2Cl)c1C(=O)N(C)CC(=O)Nc1ccccc1Br. The van der Waals surface area contributed by atoms with Crippen LogP contribution in [0.1, 0.15) is 16.1 Å². The van der Waals surface area contributed by atoms with Gasteiger partial charge in [0.05, 0.1) is 22.8 Å². The van der Waals surface area contributed by atoms with Crippen LogP contribution < -0.4 is 5.32 Å². The van der Waals surface area contributed by atoms with E-state index in [9.17, 15) is 14.0 Å². The van der Waals surface area contributed by atoms with Gasteiger partial charge in [0, 0.05) is 11.5 Å². The second-order valence-electron chi connectivity index (χ2n) is 6.25. The van der Waals surface area contributed by atoms with Gasteiger partial charge in [0.15, 0.2) is 0 Å². The van der Waals surface area contributed by atoms with Gasteiger partial charge in [-0.25, -0.2) is 4.39 Å². The van der Waals surface area contributed by atoms with Crippen molar-refractivity contribution in [2.45, 2.75) is 6.92 Å². The van der Waals surface area contributed by atoms with Crippen LogP contribution in [-0.2, 0) is 4.79 Å². The number of halogens is 3. The van der Waals surface area contributed by atoms with Crippen molar-refractivity contribution in [1.29, 1.82) is 0 Å². The van der Waals surface area contributed by atoms with Gasteiger partial charge in [-0.2, -0.15) is 0 Å². The quantitative estimate of drug-likeness (QED) is 0.563. The molecule has 0 aliphatic carbocycles. The van der Waals surface area contributed by atoms with E-state index in [0.29, 0.717) is 10.2 Å². The van der Waals surface area contributed by atoms with Crippen molar-refractivity contribution in [3.63, 3.8) is 0 Å². The number of hydrogen-bond donors (Lipinski definition) is 1. The van der Waals surface area contributed by atoms with E-state index in [1.54, 1.807) is 18.2 Å². The van der Waals surface area contributed by atoms with Gasteiger partial charge in [-0.3, -0.25) is 9.59 Å². The molecule has 0 spiro atoms. The molecule has 3 aromatic rings. The number of amides is 2. The highest BCUT2D eigenvalue weighted by Crippen LogP contribution is 2.34. The Morgan fingerprint density at radius 3 is 2.66 bits per heavy atom. The average molecular weight is 481 g/mol. The molecule has 0 aliphatic heterocycles. The van der Waals surface area contributed by atoms with Gasteiger partial charge in [0.2, 0.25) is 5.91 Å². The van der Waals surface area contributed by atoms with Gasteiger partial charge in [-0.1, -0.05) is 35.0 Å². The maximum absolute atomic E-state index is 14.3. The van der Waals surface area contributed by atoms with E-state index in [1.165, 1.54) is 37.1 Å². The van der Waals surface area contributed by atoms with Gasteiger partial charge in [-0.05, 0) is 47.1 Å². The summed E-state index contributed by atoms with van der Waals surface area (Å²) in [6, 6.07) is 11.3. The third kappa shape index (κ3) is 4.49. The Kier molecular flexibility index (Phi) is 6.34. The van der Waals surface area contributed by atoms with Crippen molar-refractivity contribution in [2.24, 2.45) is 0 Å². The molecule has 1 heterocycles. The predicted octanol–water partition coefficient (Wildman–Crippen LogP) is 4.92. The summed E-state index contributed by atoms with van der Waals surface area (Å²) in [6.45, 7) is 1.31. The largest absolute Gasteiger partial charge is 0.360 e. The lowest BCUT2D eigenvalue weighted by Gasteiger charge is -2.17. The third-order valence-corrected chi connectivity index (χ3v) is 5.16. The fraction of sp³-hybridized carbons (Fsp3) is 0.150. The number of hydrogen-bond acceptors (Lipinski definition) is 4. The summed E-state index contributed by atoms with van der Waals surface area (Å²) in [5.74, 6) is -1.37. The summed E-state index contributed by atoms with van der Waals surface area (Å²) in [5.41, 5.74) is 0.598. The minimum absolute atomic E-state index is 0.00587. The summed E-state index contributed by atoms with van der Waals surface area (Å²) in [4.78, 5) is 26.5. The number of para-hydroxylation sites is 1. The van der Waals surface area contributed by atoms with Crippen molar-refractivity contribution in [3.05, 3.63) is 69.1 Å². The lowest BCUT2D eigenvalue weighted by atomic mass is 10.0. The van der Waals surface area contributed by atoms with Gasteiger partial charge >= 0.3 is 0 Å². The smallest absolute Gasteiger partial charge is 0.259 e. The topological polar surface area (TPSA) is 75.4 Å². The van der Waals surface area contributed by atoms with Crippen molar-refractivity contribution in [2.75, 3.05) is 18.9 Å². The number of rotatable bonds is 5. The summed E-state index contributed by atoms with van der Waals surface area (Å²) in [6.07, 6.45) is 0. The zero-order valence-corrected chi connectivity index (χ0v) is 17.8. The van der Waals surface area contributed by atoms with Crippen LogP contribution in [0.15, 0.2) is 51.5 Å². The molecule has 1 N–H and O–H groups in total. The molecular formula is C20H16BrClFN3O3. The first-order chi connectivity index (χ1) is 13.8. The van der Waals surface area contributed by atoms with Crippen LogP contribution in [0, 0.1) is 12.7 Å². The molecule has 0 fully saturated rings. The Morgan fingerprint density at radius 2 is 1.97 bits per heavy atom. The Morgan fingerprint density at radius 1 is 1.24 bits per heavy atom. The Hall–Kier alpha value is -2.71. The van der Waals surface area contributed by atoms with Crippen molar-refractivity contribution in [3.8, 4) is 11.3 Å². The number of carbonyl (C=O) groups is 2. The van der Waals surface area contributed by atoms with E-state index in [2.05, 4.69) is 26.4 Å². The zero-order chi connectivity index (χ0) is 21.1. The molecule has 9 heteroatoms. The van der Waals surface area contributed by atoms with Crippen LogP contribution >= 0.6 is 27.5 Å². The van der Waals surface area contributed by atoms with Gasteiger partial charge in [0.25, 0.3) is 5.91 Å². The molecule has 0 saturated heterocycles. The fourth-order valence-corrected chi connectivity index (χ4v) is 3.39. The van der Waals surface area contributed by atoms with Crippen molar-refractivity contribution < 1.29 is 18.5 Å². The van der Waals surface area contributed by atoms with E-state index in [4.69, 9.17) is 16.1 Å². The van der Waals surface area contributed by atoms with Crippen LogP contribution in [0.4, 0.5) is 10.1 Å². The normalized spacial score (nSPS) is 10.7. The monoisotopic (exact) mass is 479 g/mol. The van der Waals surface area contributed by atoms with E-state index < -0.39 is 17.6 Å². The van der Waals surface area contributed by atoms with Gasteiger partial charge < -0.3 is 14.7 Å². The van der Waals surface area contributed by atoms with Crippen LogP contribution in [0.25, 0.3) is 11.3 Å². The average Bonchev–Trinajstić information content (AvgIpc) is 3.04. The molecule has 3 rings (SSSR count). The number of nitrogens with zero attached hydrogens (tertiary/aromatic N) is 2. The second-order valence-corrected chi connectivity index (χ2v) is 7.51. The molecule has 0 aliphatic rings. The first kappa shape index (κ1) is 21.0. The van der Waals surface area contributed by atoms with Crippen molar-refractivity contribution >= 4 is 45.0 Å². The highest BCUT2D eigenvalue weighted by Gasteiger charge is 2.28. The van der Waals surface area contributed by atoms with Crippen LogP contribution in [0.3, 0.4) is 0 Å². The number of carbonyl (C=O) groups excluding carboxylic acids is 2. The number of benzene rings is 2. The maximum Gasteiger partial charge on any atom is 0.259 e. The van der Waals surface area contributed by atoms with E-state index in [-0.39, 0.29) is 34.1 Å². The number of likely N-dealkylation sites (N-methyl/N-ethyl adjacent to an activating group) is 1. The van der Waals surface area contributed by atoms with E-state index in [1.807, 2.05) is 6.07 Å². The molecule has 6 nitrogen and oxygen atoms in total. The zero-order valence-electron chi connectivity index (χ0n) is 15.5. The minimum Gasteiger partial charge on any atom is -0.360 e. The lowest BCUT2D eigenvalue weighted by molar-refractivity contribution is -0.116. The Bertz CT molecular complexity index is 1070. The van der Waals surface area contributed by atoms with Crippen LogP contribution in [0.2, 0.25) is 5.02 Å². The standard InChI is InChI=1S/C20H16BrClFN3O3/c1-11-17(19(25-29-11)18-13(22)7-5-8-14(18)23)20(28)26(2)10-16(27)24-15-9-4-3-6-12(15)21/h3-9H,10H2,1-2H3,(H,24,27). The summed E-state index contributed by atoms with van der Waals surface area (Å²) in [5, 5.41) is 6.64. The molecule has 0 bridgehead atoms. The number of nitrogens with one attached hydrogen (secondary N) is 1. The molecule has 2 aromatic carbocycles. The van der Waals surface area contributed by atoms with Crippen LogP contribution in [-0.4, -0.2) is 35.5 Å². The third-order valence-electron chi connectivity index (χ3n) is 4.15.